The molecule has 0 aliphatic rings. The molecular weight excluding hydrogens is 442 g/mol. The number of hydrogen-bond donors (Lipinski definition) is 1. The maximum atomic E-state index is 13.2. The van der Waals surface area contributed by atoms with Gasteiger partial charge in [0.25, 0.3) is 5.91 Å². The van der Waals surface area contributed by atoms with Crippen LogP contribution in [0.5, 0.6) is 17.2 Å². The topological polar surface area (TPSA) is 83.1 Å². The van der Waals surface area contributed by atoms with Crippen LogP contribution in [0.25, 0.3) is 11.1 Å². The highest BCUT2D eigenvalue weighted by atomic mass is 32.1. The highest BCUT2D eigenvalue weighted by molar-refractivity contribution is 7.17. The molecule has 33 heavy (non-hydrogen) atoms. The van der Waals surface area contributed by atoms with Crippen LogP contribution in [0.3, 0.4) is 0 Å². The monoisotopic (exact) mass is 469 g/mol. The number of anilines is 1. The largest absolute Gasteiger partial charge is 0.493 e. The third-order valence-electron chi connectivity index (χ3n) is 5.06. The van der Waals surface area contributed by atoms with E-state index in [1.807, 2.05) is 38.1 Å². The molecule has 2 aromatic carbocycles. The highest BCUT2D eigenvalue weighted by Gasteiger charge is 2.26. The van der Waals surface area contributed by atoms with Gasteiger partial charge in [0.05, 0.1) is 27.9 Å². The molecule has 0 spiro atoms. The molecule has 0 aliphatic heterocycles. The summed E-state index contributed by atoms with van der Waals surface area (Å²) in [5, 5.41) is 3.29. The molecule has 0 unspecified atom stereocenters. The van der Waals surface area contributed by atoms with Gasteiger partial charge in [-0.05, 0) is 38.5 Å². The number of esters is 1. The number of carbonyl (C=O) groups excluding carboxylic acids is 2. The van der Waals surface area contributed by atoms with Crippen LogP contribution in [-0.4, -0.2) is 39.8 Å². The number of hydrogen-bond acceptors (Lipinski definition) is 7. The first-order valence-electron chi connectivity index (χ1n) is 10.3. The molecule has 1 amide bonds. The Morgan fingerprint density at radius 1 is 0.939 bits per heavy atom. The molecule has 8 heteroatoms. The molecule has 174 valence electrons. The average Bonchev–Trinajstić information content (AvgIpc) is 3.13. The normalized spacial score (nSPS) is 10.5. The smallest absolute Gasteiger partial charge is 0.341 e. The van der Waals surface area contributed by atoms with Gasteiger partial charge in [-0.1, -0.05) is 29.8 Å². The summed E-state index contributed by atoms with van der Waals surface area (Å²) in [5.41, 5.74) is 3.37. The summed E-state index contributed by atoms with van der Waals surface area (Å²) in [6, 6.07) is 11.0. The second-order valence-corrected chi connectivity index (χ2v) is 8.42. The third-order valence-corrected chi connectivity index (χ3v) is 6.08. The van der Waals surface area contributed by atoms with Crippen molar-refractivity contribution in [2.24, 2.45) is 0 Å². The van der Waals surface area contributed by atoms with E-state index >= 15 is 0 Å². The van der Waals surface area contributed by atoms with Crippen LogP contribution in [-0.2, 0) is 4.74 Å². The van der Waals surface area contributed by atoms with Crippen molar-refractivity contribution in [3.05, 3.63) is 58.0 Å². The Labute approximate surface area is 197 Å². The third kappa shape index (κ3) is 4.96. The van der Waals surface area contributed by atoms with E-state index in [1.54, 1.807) is 19.1 Å². The molecule has 7 nitrogen and oxygen atoms in total. The van der Waals surface area contributed by atoms with Gasteiger partial charge in [0.1, 0.15) is 10.6 Å². The summed E-state index contributed by atoms with van der Waals surface area (Å²) in [6.45, 7) is 5.88. The van der Waals surface area contributed by atoms with Crippen molar-refractivity contribution in [1.29, 1.82) is 0 Å². The van der Waals surface area contributed by atoms with Gasteiger partial charge in [0.15, 0.2) is 11.5 Å². The predicted molar refractivity (Wildman–Crippen MR) is 129 cm³/mol. The Hall–Kier alpha value is -3.52. The van der Waals surface area contributed by atoms with E-state index < -0.39 is 11.9 Å². The molecule has 1 heterocycles. The van der Waals surface area contributed by atoms with E-state index in [4.69, 9.17) is 18.9 Å². The van der Waals surface area contributed by atoms with Crippen LogP contribution >= 0.6 is 11.3 Å². The van der Waals surface area contributed by atoms with Crippen LogP contribution in [0.1, 0.15) is 38.1 Å². The maximum Gasteiger partial charge on any atom is 0.341 e. The Morgan fingerprint density at radius 2 is 1.55 bits per heavy atom. The van der Waals surface area contributed by atoms with E-state index in [2.05, 4.69) is 5.32 Å². The summed E-state index contributed by atoms with van der Waals surface area (Å²) in [4.78, 5) is 27.0. The molecule has 1 aromatic heterocycles. The number of benzene rings is 2. The van der Waals surface area contributed by atoms with Gasteiger partial charge in [0.2, 0.25) is 5.75 Å². The Balaban J connectivity index is 2.06. The zero-order valence-electron chi connectivity index (χ0n) is 19.5. The summed E-state index contributed by atoms with van der Waals surface area (Å²) < 4.78 is 21.3. The number of nitrogens with one attached hydrogen (secondary N) is 1. The van der Waals surface area contributed by atoms with E-state index in [0.29, 0.717) is 33.4 Å². The van der Waals surface area contributed by atoms with Crippen LogP contribution in [0.2, 0.25) is 0 Å². The number of rotatable bonds is 8. The number of carbonyl (C=O) groups is 2. The minimum absolute atomic E-state index is 0.224. The zero-order chi connectivity index (χ0) is 24.1. The average molecular weight is 470 g/mol. The zero-order valence-corrected chi connectivity index (χ0v) is 20.3. The number of thiophene rings is 1. The lowest BCUT2D eigenvalue weighted by molar-refractivity contribution is 0.0529. The summed E-state index contributed by atoms with van der Waals surface area (Å²) in [5.74, 6) is 0.192. The molecule has 0 aliphatic carbocycles. The lowest BCUT2D eigenvalue weighted by Gasteiger charge is -2.14. The van der Waals surface area contributed by atoms with Crippen LogP contribution < -0.4 is 19.5 Å². The Morgan fingerprint density at radius 3 is 2.06 bits per heavy atom. The molecule has 0 radical (unpaired) electrons. The van der Waals surface area contributed by atoms with Gasteiger partial charge in [0, 0.05) is 16.0 Å². The lowest BCUT2D eigenvalue weighted by Crippen LogP contribution is -2.15. The quantitative estimate of drug-likeness (QED) is 0.440. The van der Waals surface area contributed by atoms with Gasteiger partial charge in [-0.25, -0.2) is 4.79 Å². The summed E-state index contributed by atoms with van der Waals surface area (Å²) >= 11 is 1.32. The molecule has 0 bridgehead atoms. The van der Waals surface area contributed by atoms with Crippen LogP contribution in [0, 0.1) is 13.8 Å². The van der Waals surface area contributed by atoms with E-state index in [0.717, 1.165) is 21.6 Å². The minimum atomic E-state index is -0.488. The van der Waals surface area contributed by atoms with E-state index in [1.165, 1.54) is 32.7 Å². The fourth-order valence-corrected chi connectivity index (χ4v) is 4.55. The van der Waals surface area contributed by atoms with Crippen LogP contribution in [0.15, 0.2) is 36.4 Å². The second-order valence-electron chi connectivity index (χ2n) is 7.19. The maximum absolute atomic E-state index is 13.2. The number of aryl methyl sites for hydroxylation is 2. The van der Waals surface area contributed by atoms with Crippen molar-refractivity contribution in [3.8, 4) is 28.4 Å². The number of amides is 1. The lowest BCUT2D eigenvalue weighted by atomic mass is 10.0. The van der Waals surface area contributed by atoms with Crippen molar-refractivity contribution in [2.45, 2.75) is 20.8 Å². The number of methoxy groups -OCH3 is 3. The van der Waals surface area contributed by atoms with Gasteiger partial charge in [-0.2, -0.15) is 0 Å². The standard InChI is InChI=1S/C25H27NO6S/c1-7-32-25(28)21-20(16-10-8-14(2)9-11-16)15(3)33-24(21)26-23(27)17-12-18(29-4)22(31-6)19(13-17)30-5/h8-13H,7H2,1-6H3,(H,26,27). The highest BCUT2D eigenvalue weighted by Crippen LogP contribution is 2.42. The van der Waals surface area contributed by atoms with E-state index in [9.17, 15) is 9.59 Å². The predicted octanol–water partition coefficient (Wildman–Crippen LogP) is 5.49. The van der Waals surface area contributed by atoms with E-state index in [-0.39, 0.29) is 6.61 Å². The molecule has 1 N–H and O–H groups in total. The van der Waals surface area contributed by atoms with Crippen LogP contribution in [0.4, 0.5) is 5.00 Å². The van der Waals surface area contributed by atoms with Gasteiger partial charge >= 0.3 is 5.97 Å². The Kier molecular flexibility index (Phi) is 7.60. The summed E-state index contributed by atoms with van der Waals surface area (Å²) in [7, 11) is 4.45. The first kappa shape index (κ1) is 24.1. The molecule has 0 saturated heterocycles. The Bertz CT molecular complexity index is 1140. The van der Waals surface area contributed by atoms with Crippen molar-refractivity contribution in [3.63, 3.8) is 0 Å². The summed E-state index contributed by atoms with van der Waals surface area (Å²) in [6.07, 6.45) is 0. The van der Waals surface area contributed by atoms with Crippen molar-refractivity contribution < 1.29 is 28.5 Å². The molecular formula is C25H27NO6S. The molecule has 0 saturated carbocycles. The van der Waals surface area contributed by atoms with Gasteiger partial charge < -0.3 is 24.3 Å². The molecule has 0 atom stereocenters. The van der Waals surface area contributed by atoms with Crippen molar-refractivity contribution >= 4 is 28.2 Å². The first-order chi connectivity index (χ1) is 15.8. The number of ether oxygens (including phenoxy) is 4. The molecule has 3 rings (SSSR count). The SMILES string of the molecule is CCOC(=O)c1c(NC(=O)c2cc(OC)c(OC)c(OC)c2)sc(C)c1-c1ccc(C)cc1. The second kappa shape index (κ2) is 10.4. The van der Waals surface area contributed by atoms with Crippen molar-refractivity contribution in [2.75, 3.05) is 33.3 Å². The van der Waals surface area contributed by atoms with Gasteiger partial charge in [-0.15, -0.1) is 11.3 Å². The fourth-order valence-electron chi connectivity index (χ4n) is 3.49. The van der Waals surface area contributed by atoms with Crippen molar-refractivity contribution in [1.82, 2.24) is 0 Å². The molecule has 3 aromatic rings. The fraction of sp³-hybridized carbons (Fsp3) is 0.280. The first-order valence-corrected chi connectivity index (χ1v) is 11.1. The minimum Gasteiger partial charge on any atom is -0.493 e. The van der Waals surface area contributed by atoms with Gasteiger partial charge in [-0.3, -0.25) is 4.79 Å². The molecule has 0 fully saturated rings.